The molecule has 0 spiro atoms. The second kappa shape index (κ2) is 7.66. The van der Waals surface area contributed by atoms with Crippen molar-refractivity contribution in [2.45, 2.75) is 64.3 Å². The van der Waals surface area contributed by atoms with E-state index in [0.29, 0.717) is 12.0 Å². The molecular weight excluding hydrogens is 232 g/mol. The molecule has 2 heteroatoms. The summed E-state index contributed by atoms with van der Waals surface area (Å²) in [6.45, 7) is 2.26. The lowest BCUT2D eigenvalue weighted by molar-refractivity contribution is 0.300. The van der Waals surface area contributed by atoms with Gasteiger partial charge in [-0.1, -0.05) is 56.9 Å². The number of unbranched alkanes of at least 4 members (excludes halogenated alkanes) is 3. The van der Waals surface area contributed by atoms with Crippen LogP contribution in [0.25, 0.3) is 0 Å². The Morgan fingerprint density at radius 1 is 1.21 bits per heavy atom. The van der Waals surface area contributed by atoms with E-state index in [4.69, 9.17) is 5.84 Å². The maximum absolute atomic E-state index is 5.79. The fraction of sp³-hybridized carbons (Fsp3) is 0.647. The van der Waals surface area contributed by atoms with Gasteiger partial charge in [-0.25, -0.2) is 0 Å². The molecule has 0 aliphatic heterocycles. The topological polar surface area (TPSA) is 38.0 Å². The fourth-order valence-electron chi connectivity index (χ4n) is 3.32. The number of nitrogens with one attached hydrogen (secondary N) is 1. The summed E-state index contributed by atoms with van der Waals surface area (Å²) in [5, 5.41) is 0. The maximum atomic E-state index is 5.79. The van der Waals surface area contributed by atoms with Gasteiger partial charge in [0.2, 0.25) is 0 Å². The van der Waals surface area contributed by atoms with Crippen molar-refractivity contribution >= 4 is 0 Å². The fourth-order valence-corrected chi connectivity index (χ4v) is 3.32. The Morgan fingerprint density at radius 2 is 2.00 bits per heavy atom. The molecule has 1 aliphatic rings. The molecule has 2 atom stereocenters. The SMILES string of the molecule is CCCCCCC(NN)C1CCc2ccccc2C1. The van der Waals surface area contributed by atoms with Gasteiger partial charge in [0.1, 0.15) is 0 Å². The predicted molar refractivity (Wildman–Crippen MR) is 81.8 cm³/mol. The molecule has 0 saturated carbocycles. The minimum atomic E-state index is 0.491. The second-order valence-electron chi connectivity index (χ2n) is 5.89. The molecule has 3 N–H and O–H groups in total. The monoisotopic (exact) mass is 260 g/mol. The maximum Gasteiger partial charge on any atom is 0.0242 e. The lowest BCUT2D eigenvalue weighted by atomic mass is 9.79. The Morgan fingerprint density at radius 3 is 2.74 bits per heavy atom. The molecule has 0 heterocycles. The van der Waals surface area contributed by atoms with Gasteiger partial charge in [-0.05, 0) is 42.7 Å². The molecule has 0 fully saturated rings. The van der Waals surface area contributed by atoms with E-state index in [0.717, 1.165) is 0 Å². The summed E-state index contributed by atoms with van der Waals surface area (Å²) in [4.78, 5) is 0. The first kappa shape index (κ1) is 14.5. The molecule has 0 saturated heterocycles. The highest BCUT2D eigenvalue weighted by atomic mass is 15.2. The van der Waals surface area contributed by atoms with Gasteiger partial charge in [-0.15, -0.1) is 0 Å². The average molecular weight is 260 g/mol. The summed E-state index contributed by atoms with van der Waals surface area (Å²) in [6, 6.07) is 9.37. The first-order valence-electron chi connectivity index (χ1n) is 7.88. The van der Waals surface area contributed by atoms with Gasteiger partial charge in [-0.2, -0.15) is 0 Å². The molecule has 0 aromatic heterocycles. The number of hydrazine groups is 1. The molecule has 0 amide bonds. The van der Waals surface area contributed by atoms with Crippen molar-refractivity contribution in [3.05, 3.63) is 35.4 Å². The molecule has 1 aromatic carbocycles. The van der Waals surface area contributed by atoms with Crippen LogP contribution in [0.3, 0.4) is 0 Å². The Kier molecular flexibility index (Phi) is 5.87. The highest BCUT2D eigenvalue weighted by Crippen LogP contribution is 2.29. The van der Waals surface area contributed by atoms with E-state index in [9.17, 15) is 0 Å². The Balaban J connectivity index is 1.87. The van der Waals surface area contributed by atoms with Crippen LogP contribution < -0.4 is 11.3 Å². The lowest BCUT2D eigenvalue weighted by Crippen LogP contribution is -2.42. The second-order valence-corrected chi connectivity index (χ2v) is 5.89. The van der Waals surface area contributed by atoms with Crippen molar-refractivity contribution in [1.29, 1.82) is 0 Å². The first-order valence-corrected chi connectivity index (χ1v) is 7.88. The van der Waals surface area contributed by atoms with Crippen LogP contribution in [0.15, 0.2) is 24.3 Å². The summed E-state index contributed by atoms with van der Waals surface area (Å²) < 4.78 is 0. The number of hydrogen-bond donors (Lipinski definition) is 2. The van der Waals surface area contributed by atoms with E-state index in [1.165, 1.54) is 56.9 Å². The van der Waals surface area contributed by atoms with Crippen molar-refractivity contribution in [3.63, 3.8) is 0 Å². The lowest BCUT2D eigenvalue weighted by Gasteiger charge is -2.31. The van der Waals surface area contributed by atoms with Crippen LogP contribution in [0.5, 0.6) is 0 Å². The van der Waals surface area contributed by atoms with Crippen molar-refractivity contribution in [1.82, 2.24) is 5.43 Å². The molecule has 2 unspecified atom stereocenters. The highest BCUT2D eigenvalue weighted by Gasteiger charge is 2.24. The van der Waals surface area contributed by atoms with Crippen LogP contribution in [0.1, 0.15) is 56.6 Å². The number of hydrogen-bond acceptors (Lipinski definition) is 2. The van der Waals surface area contributed by atoms with Crippen LogP contribution in [0.2, 0.25) is 0 Å². The van der Waals surface area contributed by atoms with Crippen LogP contribution >= 0.6 is 0 Å². The third-order valence-electron chi connectivity index (χ3n) is 4.54. The van der Waals surface area contributed by atoms with Crippen LogP contribution in [-0.4, -0.2) is 6.04 Å². The summed E-state index contributed by atoms with van der Waals surface area (Å²) in [6.07, 6.45) is 10.2. The normalized spacial score (nSPS) is 20.0. The zero-order valence-corrected chi connectivity index (χ0v) is 12.2. The minimum Gasteiger partial charge on any atom is -0.271 e. The number of rotatable bonds is 7. The predicted octanol–water partition coefficient (Wildman–Crippen LogP) is 3.59. The third kappa shape index (κ3) is 4.05. The molecule has 0 bridgehead atoms. The summed E-state index contributed by atoms with van der Waals surface area (Å²) in [7, 11) is 0. The van der Waals surface area contributed by atoms with Gasteiger partial charge in [0, 0.05) is 6.04 Å². The zero-order valence-electron chi connectivity index (χ0n) is 12.2. The zero-order chi connectivity index (χ0) is 13.5. The molecule has 1 aromatic rings. The summed E-state index contributed by atoms with van der Waals surface area (Å²) in [5.74, 6) is 6.50. The van der Waals surface area contributed by atoms with E-state index < -0.39 is 0 Å². The van der Waals surface area contributed by atoms with Crippen LogP contribution in [0.4, 0.5) is 0 Å². The molecular formula is C17H28N2. The Bertz CT molecular complexity index is 375. The van der Waals surface area contributed by atoms with Gasteiger partial charge < -0.3 is 0 Å². The first-order chi connectivity index (χ1) is 9.35. The molecule has 0 radical (unpaired) electrons. The van der Waals surface area contributed by atoms with E-state index >= 15 is 0 Å². The number of benzene rings is 1. The van der Waals surface area contributed by atoms with Crippen molar-refractivity contribution < 1.29 is 0 Å². The smallest absolute Gasteiger partial charge is 0.0242 e. The third-order valence-corrected chi connectivity index (χ3v) is 4.54. The largest absolute Gasteiger partial charge is 0.271 e. The average Bonchev–Trinajstić information content (AvgIpc) is 2.47. The molecule has 19 heavy (non-hydrogen) atoms. The number of fused-ring (bicyclic) bond motifs is 1. The van der Waals surface area contributed by atoms with E-state index in [2.05, 4.69) is 36.6 Å². The van der Waals surface area contributed by atoms with Crippen molar-refractivity contribution in [3.8, 4) is 0 Å². The van der Waals surface area contributed by atoms with Gasteiger partial charge >= 0.3 is 0 Å². The quantitative estimate of drug-likeness (QED) is 0.446. The van der Waals surface area contributed by atoms with Crippen molar-refractivity contribution in [2.75, 3.05) is 0 Å². The molecule has 106 valence electrons. The standard InChI is InChI=1S/C17H28N2/c1-2-3-4-5-10-17(19-18)16-12-11-14-8-6-7-9-15(14)13-16/h6-9,16-17,19H,2-5,10-13,18H2,1H3. The van der Waals surface area contributed by atoms with Gasteiger partial charge in [0.05, 0.1) is 0 Å². The van der Waals surface area contributed by atoms with Gasteiger partial charge in [0.15, 0.2) is 0 Å². The van der Waals surface area contributed by atoms with Crippen LogP contribution in [-0.2, 0) is 12.8 Å². The van der Waals surface area contributed by atoms with Gasteiger partial charge in [0.25, 0.3) is 0 Å². The molecule has 2 nitrogen and oxygen atoms in total. The van der Waals surface area contributed by atoms with Crippen LogP contribution in [0, 0.1) is 5.92 Å². The highest BCUT2D eigenvalue weighted by molar-refractivity contribution is 5.29. The number of aryl methyl sites for hydroxylation is 1. The minimum absolute atomic E-state index is 0.491. The molecule has 1 aliphatic carbocycles. The van der Waals surface area contributed by atoms with Gasteiger partial charge in [-0.3, -0.25) is 11.3 Å². The van der Waals surface area contributed by atoms with E-state index in [1.807, 2.05) is 0 Å². The van der Waals surface area contributed by atoms with E-state index in [-0.39, 0.29) is 0 Å². The summed E-state index contributed by atoms with van der Waals surface area (Å²) >= 11 is 0. The van der Waals surface area contributed by atoms with E-state index in [1.54, 1.807) is 5.56 Å². The Hall–Kier alpha value is -0.860. The van der Waals surface area contributed by atoms with Crippen molar-refractivity contribution in [2.24, 2.45) is 11.8 Å². The molecule has 2 rings (SSSR count). The Labute approximate surface area is 117 Å². The number of nitrogens with two attached hydrogens (primary N) is 1. The summed E-state index contributed by atoms with van der Waals surface area (Å²) in [5.41, 5.74) is 6.16.